The summed E-state index contributed by atoms with van der Waals surface area (Å²) in [4.78, 5) is 11.1. The minimum Gasteiger partial charge on any atom is -0.374 e. The van der Waals surface area contributed by atoms with E-state index in [0.29, 0.717) is 6.61 Å². The molecule has 19 heavy (non-hydrogen) atoms. The van der Waals surface area contributed by atoms with E-state index in [1.807, 2.05) is 6.92 Å². The van der Waals surface area contributed by atoms with E-state index in [4.69, 9.17) is 4.74 Å². The highest BCUT2D eigenvalue weighted by atomic mass is 32.1. The van der Waals surface area contributed by atoms with Gasteiger partial charge in [-0.3, -0.25) is 0 Å². The first-order valence-corrected chi connectivity index (χ1v) is 7.35. The quantitative estimate of drug-likeness (QED) is 0.909. The zero-order valence-corrected chi connectivity index (χ0v) is 13.0. The second-order valence-corrected chi connectivity index (χ2v) is 6.44. The Balaban J connectivity index is 2.26. The van der Waals surface area contributed by atoms with Crippen LogP contribution in [0.25, 0.3) is 10.2 Å². The average molecular weight is 279 g/mol. The van der Waals surface area contributed by atoms with E-state index in [2.05, 4.69) is 43.0 Å². The summed E-state index contributed by atoms with van der Waals surface area (Å²) < 4.78 is 5.70. The lowest BCUT2D eigenvalue weighted by molar-refractivity contribution is 0.000662. The van der Waals surface area contributed by atoms with E-state index in [1.165, 1.54) is 10.4 Å². The van der Waals surface area contributed by atoms with Gasteiger partial charge in [0.25, 0.3) is 0 Å². The van der Waals surface area contributed by atoms with Crippen molar-refractivity contribution in [1.29, 1.82) is 0 Å². The smallest absolute Gasteiger partial charge is 0.138 e. The number of aromatic nitrogens is 2. The van der Waals surface area contributed by atoms with Crippen molar-refractivity contribution in [2.45, 2.75) is 40.2 Å². The van der Waals surface area contributed by atoms with Crippen LogP contribution in [0.2, 0.25) is 0 Å². The average Bonchev–Trinajstić information content (AvgIpc) is 2.63. The van der Waals surface area contributed by atoms with Crippen LogP contribution in [0.4, 0.5) is 5.82 Å². The third-order valence-corrected chi connectivity index (χ3v) is 4.30. The molecule has 0 aliphatic heterocycles. The maximum atomic E-state index is 5.70. The summed E-state index contributed by atoms with van der Waals surface area (Å²) in [6.07, 6.45) is 1.62. The van der Waals surface area contributed by atoms with Gasteiger partial charge in [0.05, 0.1) is 11.0 Å². The molecule has 0 atom stereocenters. The maximum absolute atomic E-state index is 5.70. The fourth-order valence-corrected chi connectivity index (χ4v) is 3.05. The van der Waals surface area contributed by atoms with Crippen molar-refractivity contribution in [2.75, 3.05) is 18.5 Å². The number of fused-ring (bicyclic) bond motifs is 1. The van der Waals surface area contributed by atoms with Crippen LogP contribution in [0, 0.1) is 13.8 Å². The molecule has 0 bridgehead atoms. The van der Waals surface area contributed by atoms with E-state index < -0.39 is 0 Å². The molecule has 0 aliphatic rings. The summed E-state index contributed by atoms with van der Waals surface area (Å²) >= 11 is 1.71. The highest BCUT2D eigenvalue weighted by Gasteiger charge is 2.19. The Morgan fingerprint density at radius 3 is 2.74 bits per heavy atom. The molecular weight excluding hydrogens is 258 g/mol. The predicted octanol–water partition coefficient (Wildman–Crippen LogP) is 3.54. The minimum absolute atomic E-state index is 0.203. The van der Waals surface area contributed by atoms with Crippen LogP contribution in [0.3, 0.4) is 0 Å². The number of aryl methyl sites for hydroxylation is 2. The largest absolute Gasteiger partial charge is 0.374 e. The van der Waals surface area contributed by atoms with Crippen molar-refractivity contribution in [3.8, 4) is 0 Å². The topological polar surface area (TPSA) is 47.0 Å². The maximum Gasteiger partial charge on any atom is 0.138 e. The molecule has 0 amide bonds. The fraction of sp³-hybridized carbons (Fsp3) is 0.571. The van der Waals surface area contributed by atoms with Gasteiger partial charge in [0.1, 0.15) is 17.0 Å². The summed E-state index contributed by atoms with van der Waals surface area (Å²) in [6, 6.07) is 0. The number of ether oxygens (including phenoxy) is 1. The second kappa shape index (κ2) is 5.43. The van der Waals surface area contributed by atoms with Crippen molar-refractivity contribution in [3.63, 3.8) is 0 Å². The van der Waals surface area contributed by atoms with E-state index in [-0.39, 0.29) is 5.60 Å². The van der Waals surface area contributed by atoms with E-state index in [9.17, 15) is 0 Å². The van der Waals surface area contributed by atoms with Gasteiger partial charge >= 0.3 is 0 Å². The summed E-state index contributed by atoms with van der Waals surface area (Å²) in [6.45, 7) is 11.8. The summed E-state index contributed by atoms with van der Waals surface area (Å²) in [5.41, 5.74) is 1.06. The molecular formula is C14H21N3OS. The van der Waals surface area contributed by atoms with Crippen LogP contribution in [0.15, 0.2) is 6.33 Å². The van der Waals surface area contributed by atoms with Crippen molar-refractivity contribution >= 4 is 27.4 Å². The normalized spacial score (nSPS) is 12.1. The lowest BCUT2D eigenvalue weighted by Gasteiger charge is -2.25. The van der Waals surface area contributed by atoms with E-state index >= 15 is 0 Å². The van der Waals surface area contributed by atoms with Crippen LogP contribution in [-0.4, -0.2) is 28.7 Å². The zero-order chi connectivity index (χ0) is 14.0. The molecule has 0 saturated carbocycles. The van der Waals surface area contributed by atoms with Crippen LogP contribution in [-0.2, 0) is 4.74 Å². The van der Waals surface area contributed by atoms with Crippen molar-refractivity contribution in [1.82, 2.24) is 9.97 Å². The number of nitrogens with one attached hydrogen (secondary N) is 1. The van der Waals surface area contributed by atoms with Gasteiger partial charge in [-0.05, 0) is 40.2 Å². The predicted molar refractivity (Wildman–Crippen MR) is 81.1 cm³/mol. The fourth-order valence-electron chi connectivity index (χ4n) is 2.05. The number of rotatable bonds is 5. The SMILES string of the molecule is CCOC(C)(C)CNc1ncnc2sc(C)c(C)c12. The molecule has 4 nitrogen and oxygen atoms in total. The highest BCUT2D eigenvalue weighted by molar-refractivity contribution is 7.18. The molecule has 0 radical (unpaired) electrons. The Morgan fingerprint density at radius 2 is 2.05 bits per heavy atom. The Hall–Kier alpha value is -1.20. The molecule has 0 spiro atoms. The Morgan fingerprint density at radius 1 is 1.32 bits per heavy atom. The van der Waals surface area contributed by atoms with Crippen molar-refractivity contribution in [3.05, 3.63) is 16.8 Å². The number of thiophene rings is 1. The van der Waals surface area contributed by atoms with Gasteiger partial charge in [-0.25, -0.2) is 9.97 Å². The third kappa shape index (κ3) is 3.04. The molecule has 2 aromatic heterocycles. The summed E-state index contributed by atoms with van der Waals surface area (Å²) in [7, 11) is 0. The van der Waals surface area contributed by atoms with Gasteiger partial charge in [0.2, 0.25) is 0 Å². The molecule has 0 aliphatic carbocycles. The molecule has 0 unspecified atom stereocenters. The highest BCUT2D eigenvalue weighted by Crippen LogP contribution is 2.32. The molecule has 0 aromatic carbocycles. The van der Waals surface area contributed by atoms with Crippen LogP contribution in [0.1, 0.15) is 31.2 Å². The van der Waals surface area contributed by atoms with Gasteiger partial charge in [-0.15, -0.1) is 11.3 Å². The van der Waals surface area contributed by atoms with Crippen molar-refractivity contribution in [2.24, 2.45) is 0 Å². The number of nitrogens with zero attached hydrogens (tertiary/aromatic N) is 2. The zero-order valence-electron chi connectivity index (χ0n) is 12.2. The standard InChI is InChI=1S/C14H21N3OS/c1-6-18-14(4,5)7-15-12-11-9(2)10(3)19-13(11)17-8-16-12/h8H,6-7H2,1-5H3,(H,15,16,17). The Kier molecular flexibility index (Phi) is 4.06. The molecule has 2 aromatic rings. The number of anilines is 1. The Bertz CT molecular complexity index is 577. The van der Waals surface area contributed by atoms with E-state index in [0.717, 1.165) is 22.6 Å². The minimum atomic E-state index is -0.203. The number of hydrogen-bond acceptors (Lipinski definition) is 5. The molecule has 2 rings (SSSR count). The van der Waals surface area contributed by atoms with Gasteiger partial charge < -0.3 is 10.1 Å². The van der Waals surface area contributed by atoms with E-state index in [1.54, 1.807) is 17.7 Å². The van der Waals surface area contributed by atoms with Gasteiger partial charge in [-0.1, -0.05) is 0 Å². The van der Waals surface area contributed by atoms with Crippen LogP contribution in [0.5, 0.6) is 0 Å². The first-order chi connectivity index (χ1) is 8.94. The molecule has 104 valence electrons. The van der Waals surface area contributed by atoms with Gasteiger partial charge in [0.15, 0.2) is 0 Å². The van der Waals surface area contributed by atoms with Crippen molar-refractivity contribution < 1.29 is 4.74 Å². The lowest BCUT2D eigenvalue weighted by atomic mass is 10.1. The summed E-state index contributed by atoms with van der Waals surface area (Å²) in [5.74, 6) is 0.902. The third-order valence-electron chi connectivity index (χ3n) is 3.18. The van der Waals surface area contributed by atoms with Crippen LogP contribution < -0.4 is 5.32 Å². The second-order valence-electron chi connectivity index (χ2n) is 5.23. The molecule has 0 saturated heterocycles. The molecule has 1 N–H and O–H groups in total. The Labute approximate surface area is 118 Å². The van der Waals surface area contributed by atoms with Gasteiger partial charge in [0, 0.05) is 18.0 Å². The lowest BCUT2D eigenvalue weighted by Crippen LogP contribution is -2.33. The first-order valence-electron chi connectivity index (χ1n) is 6.53. The number of hydrogen-bond donors (Lipinski definition) is 1. The molecule has 2 heterocycles. The summed E-state index contributed by atoms with van der Waals surface area (Å²) in [5, 5.41) is 4.53. The van der Waals surface area contributed by atoms with Gasteiger partial charge in [-0.2, -0.15) is 0 Å². The van der Waals surface area contributed by atoms with Crippen LogP contribution >= 0.6 is 11.3 Å². The monoisotopic (exact) mass is 279 g/mol. The first kappa shape index (κ1) is 14.2. The molecule has 5 heteroatoms. The molecule has 0 fully saturated rings.